The molecule has 2 aliphatic heterocycles. The van der Waals surface area contributed by atoms with E-state index in [-0.39, 0.29) is 24.3 Å². The second-order valence-electron chi connectivity index (χ2n) is 7.49. The first kappa shape index (κ1) is 19.3. The monoisotopic (exact) mass is 392 g/mol. The zero-order valence-electron chi connectivity index (χ0n) is 16.1. The molecular formula is C22H24N4O3. The summed E-state index contributed by atoms with van der Waals surface area (Å²) in [7, 11) is 0. The van der Waals surface area contributed by atoms with Gasteiger partial charge in [0.05, 0.1) is 0 Å². The van der Waals surface area contributed by atoms with Crippen LogP contribution in [0.4, 0.5) is 0 Å². The van der Waals surface area contributed by atoms with Crippen LogP contribution in [0.5, 0.6) is 0 Å². The summed E-state index contributed by atoms with van der Waals surface area (Å²) in [6.45, 7) is 1.57. The van der Waals surface area contributed by atoms with Crippen LogP contribution in [-0.2, 0) is 22.7 Å². The molecule has 2 aliphatic rings. The molecule has 1 saturated heterocycles. The van der Waals surface area contributed by atoms with E-state index in [1.807, 2.05) is 42.5 Å². The van der Waals surface area contributed by atoms with Crippen LogP contribution in [0.1, 0.15) is 45.9 Å². The average Bonchev–Trinajstić information content (AvgIpc) is 3.06. The first-order valence-electron chi connectivity index (χ1n) is 9.81. The van der Waals surface area contributed by atoms with E-state index >= 15 is 0 Å². The molecule has 0 aliphatic carbocycles. The van der Waals surface area contributed by atoms with Crippen molar-refractivity contribution < 1.29 is 14.4 Å². The summed E-state index contributed by atoms with van der Waals surface area (Å²) in [4.78, 5) is 38.1. The molecule has 2 aromatic rings. The summed E-state index contributed by atoms with van der Waals surface area (Å²) in [6.07, 6.45) is 0.617. The summed E-state index contributed by atoms with van der Waals surface area (Å²) in [5, 5.41) is 5.71. The van der Waals surface area contributed by atoms with Gasteiger partial charge in [-0.2, -0.15) is 0 Å². The quantitative estimate of drug-likeness (QED) is 0.642. The first-order chi connectivity index (χ1) is 14.0. The second kappa shape index (κ2) is 8.14. The molecule has 4 N–H and O–H groups in total. The maximum absolute atomic E-state index is 12.9. The minimum atomic E-state index is -0.597. The van der Waals surface area contributed by atoms with Crippen molar-refractivity contribution in [3.8, 4) is 0 Å². The minimum Gasteiger partial charge on any atom is -0.323 e. The van der Waals surface area contributed by atoms with Crippen LogP contribution in [0.2, 0.25) is 0 Å². The Bertz CT molecular complexity index is 944. The number of benzene rings is 2. The van der Waals surface area contributed by atoms with Gasteiger partial charge in [0.15, 0.2) is 0 Å². The fourth-order valence-corrected chi connectivity index (χ4v) is 4.00. The molecule has 2 aromatic carbocycles. The van der Waals surface area contributed by atoms with E-state index < -0.39 is 11.9 Å². The van der Waals surface area contributed by atoms with Crippen molar-refractivity contribution in [3.05, 3.63) is 70.8 Å². The lowest BCUT2D eigenvalue weighted by Gasteiger charge is -2.29. The minimum absolute atomic E-state index is 0.116. The molecular weight excluding hydrogens is 368 g/mol. The Kier molecular flexibility index (Phi) is 5.42. The van der Waals surface area contributed by atoms with Crippen LogP contribution < -0.4 is 16.4 Å². The van der Waals surface area contributed by atoms with Gasteiger partial charge >= 0.3 is 0 Å². The average molecular weight is 392 g/mol. The van der Waals surface area contributed by atoms with E-state index in [0.717, 1.165) is 16.7 Å². The number of nitrogens with one attached hydrogen (secondary N) is 2. The van der Waals surface area contributed by atoms with Crippen LogP contribution in [0.25, 0.3) is 0 Å². The van der Waals surface area contributed by atoms with Crippen molar-refractivity contribution >= 4 is 17.7 Å². The van der Waals surface area contributed by atoms with Gasteiger partial charge in [-0.3, -0.25) is 19.7 Å². The fraction of sp³-hybridized carbons (Fsp3) is 0.318. The zero-order valence-corrected chi connectivity index (χ0v) is 16.1. The lowest BCUT2D eigenvalue weighted by molar-refractivity contribution is -0.136. The van der Waals surface area contributed by atoms with E-state index in [1.165, 1.54) is 0 Å². The van der Waals surface area contributed by atoms with Crippen molar-refractivity contribution in [3.63, 3.8) is 0 Å². The number of nitrogens with zero attached hydrogens (tertiary/aromatic N) is 1. The number of piperidine rings is 1. The molecule has 7 heteroatoms. The number of hydrogen-bond donors (Lipinski definition) is 3. The lowest BCUT2D eigenvalue weighted by atomic mass is 10.0. The third-order valence-corrected chi connectivity index (χ3v) is 5.59. The van der Waals surface area contributed by atoms with Crippen LogP contribution >= 0.6 is 0 Å². The van der Waals surface area contributed by atoms with Crippen molar-refractivity contribution in [2.24, 2.45) is 5.73 Å². The molecule has 0 spiro atoms. The molecule has 0 bridgehead atoms. The predicted molar refractivity (Wildman–Crippen MR) is 108 cm³/mol. The lowest BCUT2D eigenvalue weighted by Crippen LogP contribution is -2.52. The molecule has 29 heavy (non-hydrogen) atoms. The van der Waals surface area contributed by atoms with Gasteiger partial charge in [0, 0.05) is 37.7 Å². The number of imide groups is 1. The predicted octanol–water partition coefficient (Wildman–Crippen LogP) is 1.24. The van der Waals surface area contributed by atoms with Crippen LogP contribution in [0.15, 0.2) is 48.5 Å². The number of hydrogen-bond acceptors (Lipinski definition) is 5. The molecule has 4 rings (SSSR count). The maximum Gasteiger partial charge on any atom is 0.255 e. The zero-order chi connectivity index (χ0) is 20.4. The van der Waals surface area contributed by atoms with Gasteiger partial charge in [-0.25, -0.2) is 0 Å². The van der Waals surface area contributed by atoms with Crippen molar-refractivity contribution in [1.82, 2.24) is 15.5 Å². The Balaban J connectivity index is 1.43. The SMILES string of the molecule is N[C@H](CNCc1cccc2c1CN(C1CCC(=O)NC1=O)C2=O)c1ccccc1. The molecule has 1 fully saturated rings. The normalized spacial score (nSPS) is 19.8. The summed E-state index contributed by atoms with van der Waals surface area (Å²) in [6, 6.07) is 14.8. The smallest absolute Gasteiger partial charge is 0.255 e. The van der Waals surface area contributed by atoms with Crippen molar-refractivity contribution in [2.75, 3.05) is 6.54 Å². The number of fused-ring (bicyclic) bond motifs is 1. The highest BCUT2D eigenvalue weighted by Gasteiger charge is 2.39. The van der Waals surface area contributed by atoms with Gasteiger partial charge in [0.2, 0.25) is 11.8 Å². The largest absolute Gasteiger partial charge is 0.323 e. The molecule has 150 valence electrons. The van der Waals surface area contributed by atoms with Gasteiger partial charge in [0.25, 0.3) is 5.91 Å². The molecule has 2 heterocycles. The molecule has 3 amide bonds. The number of nitrogens with two attached hydrogens (primary N) is 1. The summed E-state index contributed by atoms with van der Waals surface area (Å²) >= 11 is 0. The Morgan fingerprint density at radius 2 is 1.90 bits per heavy atom. The molecule has 7 nitrogen and oxygen atoms in total. The highest BCUT2D eigenvalue weighted by molar-refractivity contribution is 6.05. The highest BCUT2D eigenvalue weighted by atomic mass is 16.2. The summed E-state index contributed by atoms with van der Waals surface area (Å²) < 4.78 is 0. The Hall–Kier alpha value is -3.03. The standard InChI is InChI=1S/C22H24N4O3/c23-18(14-5-2-1-3-6-14)12-24-11-15-7-4-8-16-17(15)13-26(22(16)29)19-9-10-20(27)25-21(19)28/h1-8,18-19,24H,9-13,23H2,(H,25,27,28)/t18-,19?/m1/s1. The van der Waals surface area contributed by atoms with E-state index in [1.54, 1.807) is 11.0 Å². The van der Waals surface area contributed by atoms with Crippen molar-refractivity contribution in [1.29, 1.82) is 0 Å². The Morgan fingerprint density at radius 3 is 2.66 bits per heavy atom. The van der Waals surface area contributed by atoms with Crippen molar-refractivity contribution in [2.45, 2.75) is 38.0 Å². The number of carbonyl (C=O) groups excluding carboxylic acids is 3. The maximum atomic E-state index is 12.9. The van der Waals surface area contributed by atoms with Gasteiger partial charge in [-0.05, 0) is 29.2 Å². The summed E-state index contributed by atoms with van der Waals surface area (Å²) in [5.74, 6) is -0.830. The molecule has 0 radical (unpaired) electrons. The van der Waals surface area contributed by atoms with Gasteiger partial charge in [0.1, 0.15) is 6.04 Å². The topological polar surface area (TPSA) is 105 Å². The Morgan fingerprint density at radius 1 is 1.10 bits per heavy atom. The van der Waals surface area contributed by atoms with E-state index in [0.29, 0.717) is 31.6 Å². The van der Waals surface area contributed by atoms with Gasteiger partial charge in [-0.15, -0.1) is 0 Å². The molecule has 2 atom stereocenters. The number of carbonyl (C=O) groups is 3. The highest BCUT2D eigenvalue weighted by Crippen LogP contribution is 2.29. The number of amides is 3. The van der Waals surface area contributed by atoms with E-state index in [9.17, 15) is 14.4 Å². The van der Waals surface area contributed by atoms with Gasteiger partial charge < -0.3 is 16.0 Å². The molecule has 0 aromatic heterocycles. The summed E-state index contributed by atoms with van der Waals surface area (Å²) in [5.41, 5.74) is 9.89. The van der Waals surface area contributed by atoms with Crippen LogP contribution in [0.3, 0.4) is 0 Å². The second-order valence-corrected chi connectivity index (χ2v) is 7.49. The number of rotatable bonds is 6. The van der Waals surface area contributed by atoms with Crippen LogP contribution in [-0.4, -0.2) is 35.2 Å². The molecule has 0 saturated carbocycles. The first-order valence-corrected chi connectivity index (χ1v) is 9.81. The van der Waals surface area contributed by atoms with E-state index in [2.05, 4.69) is 10.6 Å². The molecule has 1 unspecified atom stereocenters. The Labute approximate surface area is 169 Å². The third kappa shape index (κ3) is 3.92. The van der Waals surface area contributed by atoms with Gasteiger partial charge in [-0.1, -0.05) is 42.5 Å². The van der Waals surface area contributed by atoms with Crippen LogP contribution in [0, 0.1) is 0 Å². The van der Waals surface area contributed by atoms with E-state index in [4.69, 9.17) is 5.73 Å². The fourth-order valence-electron chi connectivity index (χ4n) is 4.00. The third-order valence-electron chi connectivity index (χ3n) is 5.59.